The van der Waals surface area contributed by atoms with Crippen LogP contribution in [0.15, 0.2) is 11.1 Å². The van der Waals surface area contributed by atoms with Crippen LogP contribution in [0.4, 0.5) is 0 Å². The molecular formula is C4H2ClNaO4. The summed E-state index contributed by atoms with van der Waals surface area (Å²) >= 11 is 4.85. The van der Waals surface area contributed by atoms with Crippen molar-refractivity contribution in [2.75, 3.05) is 0 Å². The van der Waals surface area contributed by atoms with Gasteiger partial charge in [-0.15, -0.1) is 0 Å². The van der Waals surface area contributed by atoms with Gasteiger partial charge in [0.2, 0.25) is 0 Å². The van der Waals surface area contributed by atoms with E-state index in [9.17, 15) is 14.7 Å². The van der Waals surface area contributed by atoms with Crippen molar-refractivity contribution in [1.29, 1.82) is 0 Å². The van der Waals surface area contributed by atoms with Gasteiger partial charge >= 0.3 is 35.5 Å². The van der Waals surface area contributed by atoms with Gasteiger partial charge in [0.05, 0.1) is 5.97 Å². The Morgan fingerprint density at radius 2 is 1.90 bits per heavy atom. The predicted octanol–water partition coefficient (Wildman–Crippen LogP) is -4.05. The summed E-state index contributed by atoms with van der Waals surface area (Å²) in [6, 6.07) is 0. The summed E-state index contributed by atoms with van der Waals surface area (Å²) in [5.74, 6) is -3.11. The normalized spacial score (nSPS) is 9.90. The van der Waals surface area contributed by atoms with Crippen LogP contribution in [0.2, 0.25) is 0 Å². The molecule has 0 aliphatic heterocycles. The Kier molecular flexibility index (Phi) is 7.24. The number of aliphatic carboxylic acids is 2. The van der Waals surface area contributed by atoms with Crippen LogP contribution in [0.5, 0.6) is 0 Å². The first-order valence-corrected chi connectivity index (χ1v) is 2.23. The molecule has 0 radical (unpaired) electrons. The molecule has 6 heteroatoms. The van der Waals surface area contributed by atoms with Crippen LogP contribution in [0.25, 0.3) is 0 Å². The number of rotatable bonds is 2. The number of carboxylic acids is 2. The number of carbonyl (C=O) groups excluding carboxylic acids is 1. The number of carboxylic acid groups (broad SMARTS) is 2. The maximum Gasteiger partial charge on any atom is 1.00 e. The molecule has 0 unspecified atom stereocenters. The van der Waals surface area contributed by atoms with E-state index < -0.39 is 17.0 Å². The summed E-state index contributed by atoms with van der Waals surface area (Å²) in [5.41, 5.74) is 0. The van der Waals surface area contributed by atoms with Crippen LogP contribution in [-0.2, 0) is 9.59 Å². The van der Waals surface area contributed by atoms with Crippen LogP contribution < -0.4 is 34.7 Å². The first-order valence-electron chi connectivity index (χ1n) is 1.85. The minimum atomic E-state index is -1.62. The van der Waals surface area contributed by atoms with Crippen LogP contribution in [0, 0.1) is 0 Å². The smallest absolute Gasteiger partial charge is 0.545 e. The van der Waals surface area contributed by atoms with Gasteiger partial charge in [0.15, 0.2) is 0 Å². The van der Waals surface area contributed by atoms with E-state index in [1.807, 2.05) is 0 Å². The van der Waals surface area contributed by atoms with Gasteiger partial charge in [0, 0.05) is 0 Å². The Bertz CT molecular complexity index is 176. The maximum absolute atomic E-state index is 9.74. The third-order valence-corrected chi connectivity index (χ3v) is 0.720. The monoisotopic (exact) mass is 172 g/mol. The summed E-state index contributed by atoms with van der Waals surface area (Å²) < 4.78 is 0. The maximum atomic E-state index is 9.74. The molecule has 0 aromatic heterocycles. The van der Waals surface area contributed by atoms with Crippen LogP contribution in [0.1, 0.15) is 0 Å². The Morgan fingerprint density at radius 3 is 2.00 bits per heavy atom. The van der Waals surface area contributed by atoms with Gasteiger partial charge in [-0.2, -0.15) is 0 Å². The van der Waals surface area contributed by atoms with E-state index in [1.165, 1.54) is 0 Å². The van der Waals surface area contributed by atoms with E-state index in [1.54, 1.807) is 0 Å². The predicted molar refractivity (Wildman–Crippen MR) is 26.6 cm³/mol. The number of carbonyl (C=O) groups is 2. The van der Waals surface area contributed by atoms with E-state index in [4.69, 9.17) is 16.7 Å². The Hall–Kier alpha value is -0.0300. The molecular weight excluding hydrogens is 170 g/mol. The van der Waals surface area contributed by atoms with Crippen molar-refractivity contribution in [1.82, 2.24) is 0 Å². The zero-order valence-electron chi connectivity index (χ0n) is 5.13. The minimum absolute atomic E-state index is 0. The summed E-state index contributed by atoms with van der Waals surface area (Å²) in [6.45, 7) is 0. The molecule has 50 valence electrons. The van der Waals surface area contributed by atoms with Crippen molar-refractivity contribution in [3.63, 3.8) is 0 Å². The zero-order chi connectivity index (χ0) is 7.44. The average molecular weight is 172 g/mol. The molecule has 4 nitrogen and oxygen atoms in total. The fraction of sp³-hybridized carbons (Fsp3) is 0. The van der Waals surface area contributed by atoms with Crippen molar-refractivity contribution in [3.05, 3.63) is 11.1 Å². The summed E-state index contributed by atoms with van der Waals surface area (Å²) in [6.07, 6.45) is 0.296. The SMILES string of the molecule is O=C([O-])C=C(Cl)C(=O)O.[Na+]. The van der Waals surface area contributed by atoms with Crippen molar-refractivity contribution in [2.45, 2.75) is 0 Å². The van der Waals surface area contributed by atoms with Gasteiger partial charge in [0.1, 0.15) is 5.03 Å². The van der Waals surface area contributed by atoms with Crippen molar-refractivity contribution >= 4 is 23.5 Å². The molecule has 0 aromatic carbocycles. The van der Waals surface area contributed by atoms with Gasteiger partial charge in [-0.3, -0.25) is 0 Å². The Balaban J connectivity index is 0. The van der Waals surface area contributed by atoms with E-state index in [-0.39, 0.29) is 29.6 Å². The number of hydrogen-bond donors (Lipinski definition) is 1. The van der Waals surface area contributed by atoms with E-state index >= 15 is 0 Å². The summed E-state index contributed by atoms with van der Waals surface area (Å²) in [4.78, 5) is 19.3. The van der Waals surface area contributed by atoms with Gasteiger partial charge in [-0.05, 0) is 6.08 Å². The molecule has 10 heavy (non-hydrogen) atoms. The van der Waals surface area contributed by atoms with Crippen molar-refractivity contribution in [2.24, 2.45) is 0 Å². The third kappa shape index (κ3) is 6.10. The van der Waals surface area contributed by atoms with Crippen molar-refractivity contribution < 1.29 is 49.4 Å². The molecule has 0 rings (SSSR count). The van der Waals surface area contributed by atoms with E-state index in [0.29, 0.717) is 6.08 Å². The summed E-state index contributed by atoms with van der Waals surface area (Å²) in [5, 5.41) is 16.7. The number of hydrogen-bond acceptors (Lipinski definition) is 3. The van der Waals surface area contributed by atoms with E-state index in [2.05, 4.69) is 0 Å². The largest absolute Gasteiger partial charge is 1.00 e. The van der Waals surface area contributed by atoms with Gasteiger partial charge in [0.25, 0.3) is 0 Å². The second-order valence-electron chi connectivity index (χ2n) is 1.12. The van der Waals surface area contributed by atoms with E-state index in [0.717, 1.165) is 0 Å². The van der Waals surface area contributed by atoms with Crippen LogP contribution >= 0.6 is 11.6 Å². The molecule has 0 aliphatic carbocycles. The molecule has 0 aromatic rings. The minimum Gasteiger partial charge on any atom is -0.545 e. The van der Waals surface area contributed by atoms with Crippen LogP contribution in [0.3, 0.4) is 0 Å². The zero-order valence-corrected chi connectivity index (χ0v) is 7.88. The second-order valence-corrected chi connectivity index (χ2v) is 1.52. The quantitative estimate of drug-likeness (QED) is 0.340. The molecule has 0 fully saturated rings. The molecule has 0 saturated heterocycles. The standard InChI is InChI=1S/C4H3ClO4.Na/c5-2(4(8)9)1-3(6)7;/h1H,(H,6,7)(H,8,9);/q;+1/p-1. The summed E-state index contributed by atoms with van der Waals surface area (Å²) in [7, 11) is 0. The van der Waals surface area contributed by atoms with Gasteiger partial charge < -0.3 is 15.0 Å². The molecule has 1 N–H and O–H groups in total. The Morgan fingerprint density at radius 1 is 1.50 bits per heavy atom. The van der Waals surface area contributed by atoms with Crippen molar-refractivity contribution in [3.8, 4) is 0 Å². The Labute approximate surface area is 83.8 Å². The fourth-order valence-electron chi connectivity index (χ4n) is 0.165. The van der Waals surface area contributed by atoms with Gasteiger partial charge in [-0.25, -0.2) is 4.79 Å². The number of halogens is 1. The molecule has 0 heterocycles. The first-order chi connectivity index (χ1) is 4.04. The molecule has 0 aliphatic rings. The average Bonchev–Trinajstić information content (AvgIpc) is 1.63. The third-order valence-electron chi connectivity index (χ3n) is 0.449. The molecule has 0 atom stereocenters. The van der Waals surface area contributed by atoms with Gasteiger partial charge in [-0.1, -0.05) is 11.6 Å². The second kappa shape index (κ2) is 5.73. The fourth-order valence-corrected chi connectivity index (χ4v) is 0.254. The van der Waals surface area contributed by atoms with Crippen LogP contribution in [-0.4, -0.2) is 17.0 Å². The first kappa shape index (κ1) is 12.6. The topological polar surface area (TPSA) is 77.4 Å². The molecule has 0 spiro atoms. The molecule has 0 amide bonds. The molecule has 0 bridgehead atoms. The molecule has 0 saturated carbocycles.